The number of hydrogen-bond acceptors (Lipinski definition) is 2. The normalized spacial score (nSPS) is 10.1. The van der Waals surface area contributed by atoms with Gasteiger partial charge in [-0.05, 0) is 50.7 Å². The van der Waals surface area contributed by atoms with Crippen molar-refractivity contribution < 1.29 is 17.0 Å². The molecule has 2 rings (SSSR count). The Balaban J connectivity index is -0.000000269. The Morgan fingerprint density at radius 3 is 1.61 bits per heavy atom. The third-order valence-electron chi connectivity index (χ3n) is 1.77. The van der Waals surface area contributed by atoms with Gasteiger partial charge in [0.15, 0.2) is 0 Å². The van der Waals surface area contributed by atoms with E-state index in [0.29, 0.717) is 5.41 Å². The van der Waals surface area contributed by atoms with Gasteiger partial charge in [0.25, 0.3) is 0 Å². The minimum atomic E-state index is 0. The van der Waals surface area contributed by atoms with Crippen molar-refractivity contribution in [2.75, 3.05) is 0 Å². The van der Waals surface area contributed by atoms with Crippen LogP contribution in [-0.4, -0.2) is 23.1 Å². The summed E-state index contributed by atoms with van der Waals surface area (Å²) in [4.78, 5) is 1.49. The van der Waals surface area contributed by atoms with Crippen LogP contribution in [0.5, 0.6) is 0 Å². The predicted molar refractivity (Wildman–Crippen MR) is 110 cm³/mol. The molecule has 128 valence electrons. The predicted octanol–water partition coefficient (Wildman–Crippen LogP) is 4.34. The molecule has 0 aliphatic carbocycles. The topological polar surface area (TPSA) is 0 Å². The van der Waals surface area contributed by atoms with E-state index < -0.39 is 0 Å². The quantitative estimate of drug-likeness (QED) is 0.411. The van der Waals surface area contributed by atoms with Crippen LogP contribution in [0.4, 0.5) is 0 Å². The van der Waals surface area contributed by atoms with Crippen molar-refractivity contribution in [3.8, 4) is 0 Å². The molecule has 0 N–H and O–H groups in total. The molecule has 2 heterocycles. The standard InChI is InChI=1S/C9H14S.C5H11.C4H3BrS.BrH.Mg/c1-9(2,3)7-8-5-4-6-10-8;1-5(2,3)4;5-4-2-1-3-6-4;;/h4-6H,7H2,1-3H3;1H2,2-4H3;1-3H;1H;/q;-1;;;+2/p-1. The molecular formula is C18H28Br2MgS2. The fraction of sp³-hybridized carbons (Fsp3) is 0.500. The second-order valence-corrected chi connectivity index (χ2v) is 10.7. The van der Waals surface area contributed by atoms with Crippen molar-refractivity contribution in [1.29, 1.82) is 0 Å². The van der Waals surface area contributed by atoms with Crippen LogP contribution in [0.25, 0.3) is 0 Å². The summed E-state index contributed by atoms with van der Waals surface area (Å²) in [6.45, 7) is 16.8. The molecule has 0 saturated carbocycles. The first-order valence-electron chi connectivity index (χ1n) is 7.04. The van der Waals surface area contributed by atoms with Gasteiger partial charge >= 0.3 is 23.1 Å². The molecule has 2 aromatic heterocycles. The Morgan fingerprint density at radius 2 is 1.39 bits per heavy atom. The molecule has 0 amide bonds. The van der Waals surface area contributed by atoms with Gasteiger partial charge in [0.2, 0.25) is 0 Å². The number of rotatable bonds is 1. The van der Waals surface area contributed by atoms with Crippen LogP contribution in [0.1, 0.15) is 46.4 Å². The van der Waals surface area contributed by atoms with E-state index in [9.17, 15) is 0 Å². The summed E-state index contributed by atoms with van der Waals surface area (Å²) in [5.41, 5.74) is 0.685. The zero-order valence-corrected chi connectivity index (χ0v) is 21.4. The Morgan fingerprint density at radius 1 is 0.957 bits per heavy atom. The SMILES string of the molecule is Brc1cccs1.CC(C)(C)Cc1cccs1.[Br-].[CH2-]C(C)(C)C.[Mg+2]. The largest absolute Gasteiger partial charge is 2.00 e. The van der Waals surface area contributed by atoms with Gasteiger partial charge in [0.05, 0.1) is 3.79 Å². The zero-order chi connectivity index (χ0) is 16.5. The van der Waals surface area contributed by atoms with Crippen LogP contribution in [0.3, 0.4) is 0 Å². The van der Waals surface area contributed by atoms with Gasteiger partial charge in [-0.15, -0.1) is 22.7 Å². The molecule has 2 aromatic rings. The monoisotopic (exact) mass is 490 g/mol. The second kappa shape index (κ2) is 14.3. The van der Waals surface area contributed by atoms with E-state index >= 15 is 0 Å². The Bertz CT molecular complexity index is 446. The Kier molecular flexibility index (Phi) is 18.0. The summed E-state index contributed by atoms with van der Waals surface area (Å²) < 4.78 is 1.20. The average molecular weight is 493 g/mol. The van der Waals surface area contributed by atoms with Gasteiger partial charge in [-0.25, -0.2) is 0 Å². The Hall–Kier alpha value is 1.13. The molecule has 0 spiro atoms. The first kappa shape index (κ1) is 28.9. The molecule has 0 fully saturated rings. The van der Waals surface area contributed by atoms with E-state index in [0.717, 1.165) is 0 Å². The Labute approximate surface area is 186 Å². The third kappa shape index (κ3) is 25.5. The third-order valence-corrected chi connectivity index (χ3v) is 4.13. The molecular weight excluding hydrogens is 464 g/mol. The van der Waals surface area contributed by atoms with E-state index in [4.69, 9.17) is 0 Å². The van der Waals surface area contributed by atoms with Crippen molar-refractivity contribution in [2.24, 2.45) is 10.8 Å². The van der Waals surface area contributed by atoms with Crippen LogP contribution in [0.2, 0.25) is 0 Å². The van der Waals surface area contributed by atoms with E-state index in [2.05, 4.69) is 81.9 Å². The van der Waals surface area contributed by atoms with Crippen LogP contribution < -0.4 is 17.0 Å². The number of halogens is 2. The van der Waals surface area contributed by atoms with Crippen molar-refractivity contribution in [3.05, 3.63) is 50.6 Å². The molecule has 0 aliphatic heterocycles. The maximum absolute atomic E-state index is 3.77. The van der Waals surface area contributed by atoms with E-state index in [1.165, 1.54) is 15.1 Å². The zero-order valence-electron chi connectivity index (χ0n) is 15.2. The van der Waals surface area contributed by atoms with E-state index in [1.807, 2.05) is 28.8 Å². The van der Waals surface area contributed by atoms with Gasteiger partial charge in [-0.2, -0.15) is 5.41 Å². The van der Waals surface area contributed by atoms with Gasteiger partial charge in [-0.3, -0.25) is 0 Å². The van der Waals surface area contributed by atoms with Gasteiger partial charge in [-0.1, -0.05) is 53.7 Å². The van der Waals surface area contributed by atoms with Gasteiger partial charge < -0.3 is 23.9 Å². The summed E-state index contributed by atoms with van der Waals surface area (Å²) in [6.07, 6.45) is 1.20. The molecule has 0 bridgehead atoms. The van der Waals surface area contributed by atoms with E-state index in [-0.39, 0.29) is 45.4 Å². The summed E-state index contributed by atoms with van der Waals surface area (Å²) in [5, 5.41) is 4.17. The van der Waals surface area contributed by atoms with Crippen LogP contribution in [0, 0.1) is 17.8 Å². The maximum Gasteiger partial charge on any atom is 2.00 e. The first-order valence-corrected chi connectivity index (χ1v) is 9.59. The molecule has 0 unspecified atom stereocenters. The fourth-order valence-corrected chi connectivity index (χ4v) is 3.12. The smallest absolute Gasteiger partial charge is 1.00 e. The van der Waals surface area contributed by atoms with Crippen molar-refractivity contribution in [1.82, 2.24) is 0 Å². The second-order valence-electron chi connectivity index (χ2n) is 7.29. The van der Waals surface area contributed by atoms with Gasteiger partial charge in [0.1, 0.15) is 0 Å². The summed E-state index contributed by atoms with van der Waals surface area (Å²) in [7, 11) is 0. The molecule has 0 saturated heterocycles. The molecule has 5 heteroatoms. The maximum atomic E-state index is 3.77. The molecule has 0 aliphatic rings. The average Bonchev–Trinajstić information content (AvgIpc) is 2.87. The fourth-order valence-electron chi connectivity index (χ4n) is 1.19. The summed E-state index contributed by atoms with van der Waals surface area (Å²) >= 11 is 6.84. The summed E-state index contributed by atoms with van der Waals surface area (Å²) in [5.74, 6) is 0. The van der Waals surface area contributed by atoms with Crippen molar-refractivity contribution >= 4 is 61.7 Å². The molecule has 0 atom stereocenters. The number of thiophene rings is 2. The minimum Gasteiger partial charge on any atom is -1.00 e. The van der Waals surface area contributed by atoms with Crippen LogP contribution in [0.15, 0.2) is 38.8 Å². The molecule has 0 aromatic carbocycles. The summed E-state index contributed by atoms with van der Waals surface area (Å²) in [6, 6.07) is 8.35. The van der Waals surface area contributed by atoms with E-state index in [1.54, 1.807) is 11.3 Å². The van der Waals surface area contributed by atoms with Crippen molar-refractivity contribution in [3.63, 3.8) is 0 Å². The van der Waals surface area contributed by atoms with Gasteiger partial charge in [0, 0.05) is 4.88 Å². The molecule has 23 heavy (non-hydrogen) atoms. The number of hydrogen-bond donors (Lipinski definition) is 0. The minimum absolute atomic E-state index is 0. The van der Waals surface area contributed by atoms with Crippen LogP contribution in [-0.2, 0) is 6.42 Å². The molecule has 0 radical (unpaired) electrons. The first-order chi connectivity index (χ1) is 9.47. The van der Waals surface area contributed by atoms with Crippen LogP contribution >= 0.6 is 38.6 Å². The molecule has 0 nitrogen and oxygen atoms in total. The van der Waals surface area contributed by atoms with Crippen molar-refractivity contribution in [2.45, 2.75) is 48.0 Å².